The van der Waals surface area contributed by atoms with Gasteiger partial charge < -0.3 is 43.4 Å². The van der Waals surface area contributed by atoms with Gasteiger partial charge in [-0.2, -0.15) is 5.10 Å². The van der Waals surface area contributed by atoms with Gasteiger partial charge in [0.25, 0.3) is 0 Å². The number of fused-ring (bicyclic) bond motifs is 2. The molecular formula is C40H44B3N5O7. The monoisotopic (exact) mass is 739 g/mol. The van der Waals surface area contributed by atoms with E-state index in [1.54, 1.807) is 23.5 Å². The first-order valence-corrected chi connectivity index (χ1v) is 19.1. The highest BCUT2D eigenvalue weighted by Crippen LogP contribution is 2.41. The maximum absolute atomic E-state index is 15.5. The van der Waals surface area contributed by atoms with Gasteiger partial charge in [0.2, 0.25) is 0 Å². The third-order valence-electron chi connectivity index (χ3n) is 11.0. The van der Waals surface area contributed by atoms with E-state index in [4.69, 9.17) is 23.9 Å². The number of urea groups is 1. The lowest BCUT2D eigenvalue weighted by atomic mass is 9.76. The molecule has 4 aliphatic heterocycles. The molecule has 0 spiro atoms. The van der Waals surface area contributed by atoms with Crippen LogP contribution in [0.3, 0.4) is 0 Å². The fraction of sp³-hybridized carbons (Fsp3) is 0.350. The standard InChI is InChI=1S/C40H44B3N5O7/c1-40(2)54-36-34(21-27-10-6-4-7-11-27)45(23-29-14-17-31(49)18-15-29)39(50)46(35(37(36)55-40)22-28-12-8-5-9-13-28)24-30-16-19-33-32(20-30)38(44-48(33)41(3)51)47(42-25-52-42)43-26-53-43/h4-20,34-37,49,51H,21-26H2,1-3H3/t34-,35-,36+,37+/m1/s1. The SMILES string of the molecule is CB(O)n1nc(N(B2CO2)B2CO2)c2cc(CN3C(=O)N(Cc4ccc(O)cc4)[C@H](Cc4ccccc4)[C@@H]4OC(C)(C)O[C@H]4[C@H]3Cc3ccccc3)ccc21. The van der Waals surface area contributed by atoms with Crippen molar-refractivity contribution >= 4 is 43.9 Å². The number of amides is 2. The minimum absolute atomic E-state index is 0.131. The third kappa shape index (κ3) is 7.35. The van der Waals surface area contributed by atoms with Crippen LogP contribution in [0.25, 0.3) is 10.9 Å². The van der Waals surface area contributed by atoms with Gasteiger partial charge in [-0.25, -0.2) is 4.79 Å². The third-order valence-corrected chi connectivity index (χ3v) is 11.0. The molecule has 0 bridgehead atoms. The number of rotatable bonds is 12. The second-order valence-corrected chi connectivity index (χ2v) is 15.5. The Morgan fingerprint density at radius 1 is 0.782 bits per heavy atom. The van der Waals surface area contributed by atoms with Crippen LogP contribution in [0.2, 0.25) is 6.82 Å². The number of ether oxygens (including phenoxy) is 2. The maximum atomic E-state index is 15.5. The number of hydrogen-bond acceptors (Lipinski definition) is 9. The number of nitrogens with zero attached hydrogens (tertiary/aromatic N) is 5. The van der Waals surface area contributed by atoms with E-state index in [1.807, 2.05) is 89.0 Å². The second kappa shape index (κ2) is 14.4. The summed E-state index contributed by atoms with van der Waals surface area (Å²) in [6, 6.07) is 32.6. The molecule has 2 N–H and O–H groups in total. The van der Waals surface area contributed by atoms with Crippen LogP contribution in [0.1, 0.15) is 36.1 Å². The zero-order chi connectivity index (χ0) is 37.8. The largest absolute Gasteiger partial charge is 0.508 e. The van der Waals surface area contributed by atoms with Gasteiger partial charge in [-0.05, 0) is 80.0 Å². The molecule has 280 valence electrons. The lowest BCUT2D eigenvalue weighted by Gasteiger charge is -2.37. The lowest BCUT2D eigenvalue weighted by Crippen LogP contribution is -2.51. The topological polar surface area (TPSA) is 129 Å². The predicted molar refractivity (Wildman–Crippen MR) is 211 cm³/mol. The van der Waals surface area contributed by atoms with E-state index in [9.17, 15) is 10.1 Å². The summed E-state index contributed by atoms with van der Waals surface area (Å²) >= 11 is 0. The number of benzene rings is 4. The van der Waals surface area contributed by atoms with E-state index in [1.165, 1.54) is 0 Å². The Labute approximate surface area is 321 Å². The molecule has 4 saturated heterocycles. The lowest BCUT2D eigenvalue weighted by molar-refractivity contribution is -0.157. The number of hydrogen-bond donors (Lipinski definition) is 2. The van der Waals surface area contributed by atoms with E-state index < -0.39 is 31.1 Å². The Morgan fingerprint density at radius 2 is 1.29 bits per heavy atom. The molecule has 9 rings (SSSR count). The second-order valence-electron chi connectivity index (χ2n) is 15.5. The van der Waals surface area contributed by atoms with Gasteiger partial charge in [-0.3, -0.25) is 4.59 Å². The molecule has 0 radical (unpaired) electrons. The number of carbonyl (C=O) groups is 1. The Morgan fingerprint density at radius 3 is 1.80 bits per heavy atom. The van der Waals surface area contributed by atoms with E-state index in [0.29, 0.717) is 38.2 Å². The molecular weight excluding hydrogens is 695 g/mol. The van der Waals surface area contributed by atoms with E-state index in [-0.39, 0.29) is 38.5 Å². The molecule has 4 fully saturated rings. The Bertz CT molecular complexity index is 2140. The Balaban J connectivity index is 1.17. The van der Waals surface area contributed by atoms with Crippen LogP contribution in [-0.2, 0) is 44.7 Å². The van der Waals surface area contributed by atoms with Crippen LogP contribution in [-0.4, -0.2) is 99.9 Å². The summed E-state index contributed by atoms with van der Waals surface area (Å²) in [5, 5.41) is 26.6. The normalized spacial score (nSPS) is 22.9. The van der Waals surface area contributed by atoms with Crippen molar-refractivity contribution in [1.82, 2.24) is 19.5 Å². The average Bonchev–Trinajstić information content (AvgIpc) is 4.12. The summed E-state index contributed by atoms with van der Waals surface area (Å²) in [4.78, 5) is 19.5. The van der Waals surface area contributed by atoms with Crippen LogP contribution in [0, 0.1) is 0 Å². The molecule has 0 aliphatic carbocycles. The molecule has 1 aromatic heterocycles. The smallest absolute Gasteiger partial charge is 0.431 e. The molecule has 0 saturated carbocycles. The summed E-state index contributed by atoms with van der Waals surface area (Å²) in [5.74, 6) is -0.0469. The number of phenolic OH excluding ortho intramolecular Hbond substituents is 1. The van der Waals surface area contributed by atoms with Crippen molar-refractivity contribution in [2.45, 2.75) is 76.7 Å². The highest BCUT2D eigenvalue weighted by Gasteiger charge is 2.56. The molecule has 4 atom stereocenters. The predicted octanol–water partition coefficient (Wildman–Crippen LogP) is 4.80. The molecule has 15 heteroatoms. The Hall–Kier alpha value is -4.79. The van der Waals surface area contributed by atoms with Crippen molar-refractivity contribution < 1.29 is 33.7 Å². The van der Waals surface area contributed by atoms with Crippen LogP contribution in [0.5, 0.6) is 5.75 Å². The van der Waals surface area contributed by atoms with Crippen molar-refractivity contribution in [1.29, 1.82) is 0 Å². The van der Waals surface area contributed by atoms with Crippen LogP contribution in [0.4, 0.5) is 10.6 Å². The van der Waals surface area contributed by atoms with Crippen LogP contribution >= 0.6 is 0 Å². The number of carbonyl (C=O) groups excluding carboxylic acids is 1. The minimum atomic E-state index is -0.891. The fourth-order valence-corrected chi connectivity index (χ4v) is 8.36. The molecule has 12 nitrogen and oxygen atoms in total. The van der Waals surface area contributed by atoms with Crippen molar-refractivity contribution in [2.24, 2.45) is 0 Å². The molecule has 4 aliphatic rings. The number of phenols is 1. The van der Waals surface area contributed by atoms with E-state index in [0.717, 1.165) is 33.2 Å². The fourth-order valence-electron chi connectivity index (χ4n) is 8.36. The molecule has 2 amide bonds. The number of anilines is 1. The first-order chi connectivity index (χ1) is 26.6. The van der Waals surface area contributed by atoms with Gasteiger partial charge >= 0.3 is 27.2 Å². The van der Waals surface area contributed by atoms with Gasteiger partial charge in [0.05, 0.1) is 30.6 Å². The van der Waals surface area contributed by atoms with E-state index >= 15 is 4.79 Å². The first-order valence-electron chi connectivity index (χ1n) is 19.1. The minimum Gasteiger partial charge on any atom is -0.508 e. The van der Waals surface area contributed by atoms with Crippen LogP contribution in [0.15, 0.2) is 103 Å². The summed E-state index contributed by atoms with van der Waals surface area (Å²) in [6.45, 7) is 7.33. The van der Waals surface area contributed by atoms with Crippen molar-refractivity contribution in [3.8, 4) is 5.75 Å². The van der Waals surface area contributed by atoms with Crippen molar-refractivity contribution in [3.63, 3.8) is 0 Å². The van der Waals surface area contributed by atoms with Crippen molar-refractivity contribution in [3.05, 3.63) is 125 Å². The highest BCUT2D eigenvalue weighted by atomic mass is 16.8. The molecule has 55 heavy (non-hydrogen) atoms. The Kier molecular flexibility index (Phi) is 9.38. The van der Waals surface area contributed by atoms with Gasteiger partial charge in [-0.15, -0.1) is 0 Å². The zero-order valence-corrected chi connectivity index (χ0v) is 31.3. The summed E-state index contributed by atoms with van der Waals surface area (Å²) in [7, 11) is -1.15. The molecule has 5 aromatic rings. The summed E-state index contributed by atoms with van der Waals surface area (Å²) in [6.07, 6.45) is 0.216. The highest BCUT2D eigenvalue weighted by molar-refractivity contribution is 6.84. The molecule has 0 unspecified atom stereocenters. The zero-order valence-electron chi connectivity index (χ0n) is 31.3. The number of aromatic nitrogens is 2. The van der Waals surface area contributed by atoms with E-state index in [2.05, 4.69) is 30.3 Å². The van der Waals surface area contributed by atoms with Gasteiger partial charge in [0.1, 0.15) is 23.8 Å². The summed E-state index contributed by atoms with van der Waals surface area (Å²) < 4.78 is 28.8. The van der Waals surface area contributed by atoms with Gasteiger partial charge in [-0.1, -0.05) is 78.9 Å². The first kappa shape index (κ1) is 35.9. The van der Waals surface area contributed by atoms with Gasteiger partial charge in [0, 0.05) is 18.5 Å². The summed E-state index contributed by atoms with van der Waals surface area (Å²) in [5.41, 5.74) is 4.74. The molecule has 5 heterocycles. The number of aromatic hydroxyl groups is 1. The molecule has 4 aromatic carbocycles. The van der Waals surface area contributed by atoms with Crippen molar-refractivity contribution in [2.75, 3.05) is 17.7 Å². The van der Waals surface area contributed by atoms with Gasteiger partial charge in [0.15, 0.2) is 5.79 Å². The van der Waals surface area contributed by atoms with Crippen LogP contribution < -0.4 is 4.72 Å². The maximum Gasteiger partial charge on any atom is 0.431 e. The average molecular weight is 739 g/mol. The quantitative estimate of drug-likeness (QED) is 0.137.